The van der Waals surface area contributed by atoms with E-state index in [-0.39, 0.29) is 22.6 Å². The maximum atomic E-state index is 11.8. The van der Waals surface area contributed by atoms with Gasteiger partial charge in [-0.1, -0.05) is 11.6 Å². The summed E-state index contributed by atoms with van der Waals surface area (Å²) in [6.07, 6.45) is -0.142. The van der Waals surface area contributed by atoms with Gasteiger partial charge in [0.2, 0.25) is 0 Å². The number of methoxy groups -OCH3 is 1. The Bertz CT molecular complexity index is 854. The molecule has 0 spiro atoms. The third kappa shape index (κ3) is 3.31. The lowest BCUT2D eigenvalue weighted by molar-refractivity contribution is -0.132. The number of hydrogen-bond donors (Lipinski definition) is 3. The van der Waals surface area contributed by atoms with Gasteiger partial charge >= 0.3 is 5.97 Å². The highest BCUT2D eigenvalue weighted by molar-refractivity contribution is 6.34. The second-order valence-electron chi connectivity index (χ2n) is 5.50. The molecule has 0 aliphatic carbocycles. The molecule has 0 aliphatic heterocycles. The number of nitrogens with zero attached hydrogens (tertiary/aromatic N) is 1. The minimum atomic E-state index is -2.20. The van der Waals surface area contributed by atoms with Crippen molar-refractivity contribution in [1.29, 1.82) is 0 Å². The van der Waals surface area contributed by atoms with Crippen LogP contribution < -0.4 is 10.5 Å². The summed E-state index contributed by atoms with van der Waals surface area (Å²) in [5, 5.41) is 17.7. The van der Waals surface area contributed by atoms with Crippen molar-refractivity contribution in [3.8, 4) is 11.5 Å². The molecule has 8 nitrogen and oxygen atoms in total. The monoisotopic (exact) mass is 368 g/mol. The number of hydrogen-bond acceptors (Lipinski definition) is 6. The number of aromatic nitrogens is 1. The smallest absolute Gasteiger partial charge is 0.358 e. The summed E-state index contributed by atoms with van der Waals surface area (Å²) in [6.45, 7) is 3.62. The van der Waals surface area contributed by atoms with Gasteiger partial charge in [0.1, 0.15) is 11.4 Å². The number of pyridine rings is 1. The minimum absolute atomic E-state index is 0.0869. The number of alkyl halides is 1. The van der Waals surface area contributed by atoms with E-state index in [0.717, 1.165) is 7.11 Å². The zero-order valence-electron chi connectivity index (χ0n) is 13.7. The molecule has 1 atom stereocenters. The molecular weight excluding hydrogens is 352 g/mol. The zero-order valence-corrected chi connectivity index (χ0v) is 14.5. The van der Waals surface area contributed by atoms with E-state index < -0.39 is 28.4 Å². The van der Waals surface area contributed by atoms with Crippen molar-refractivity contribution in [2.45, 2.75) is 25.0 Å². The first-order valence-electron chi connectivity index (χ1n) is 7.23. The summed E-state index contributed by atoms with van der Waals surface area (Å²) < 4.78 is 10.5. The van der Waals surface area contributed by atoms with Crippen molar-refractivity contribution in [2.75, 3.05) is 7.11 Å². The lowest BCUT2D eigenvalue weighted by Gasteiger charge is -2.23. The summed E-state index contributed by atoms with van der Waals surface area (Å²) >= 11 is 6.15. The molecule has 2 aromatic rings. The van der Waals surface area contributed by atoms with E-state index in [1.54, 1.807) is 6.07 Å². The van der Waals surface area contributed by atoms with Gasteiger partial charge in [-0.3, -0.25) is 4.79 Å². The maximum Gasteiger partial charge on any atom is 0.358 e. The number of nitrogens with two attached hydrogens (primary N) is 1. The highest BCUT2D eigenvalue weighted by atomic mass is 35.5. The molecule has 1 heterocycles. The second-order valence-corrected chi connectivity index (χ2v) is 6.03. The van der Waals surface area contributed by atoms with Crippen LogP contribution in [0.5, 0.6) is 11.5 Å². The van der Waals surface area contributed by atoms with Crippen LogP contribution in [0.3, 0.4) is 0 Å². The fourth-order valence-electron chi connectivity index (χ4n) is 2.33. The molecule has 1 aromatic heterocycles. The number of benzene rings is 1. The molecule has 0 fully saturated rings. The molecule has 9 heteroatoms. The van der Waals surface area contributed by atoms with E-state index in [4.69, 9.17) is 26.8 Å². The molecule has 0 aliphatic rings. The van der Waals surface area contributed by atoms with Crippen LogP contribution in [0.15, 0.2) is 18.2 Å². The lowest BCUT2D eigenvalue weighted by atomic mass is 10.0. The number of rotatable bonds is 6. The second kappa shape index (κ2) is 6.73. The fourth-order valence-corrected chi connectivity index (χ4v) is 2.48. The molecular formula is C16H17ClN2O6. The van der Waals surface area contributed by atoms with Crippen molar-refractivity contribution in [1.82, 2.24) is 4.98 Å². The number of halogens is 1. The van der Waals surface area contributed by atoms with Crippen LogP contribution in [0.4, 0.5) is 0 Å². The van der Waals surface area contributed by atoms with E-state index in [1.165, 1.54) is 12.1 Å². The zero-order chi connectivity index (χ0) is 18.9. The molecule has 1 unspecified atom stereocenters. The summed E-state index contributed by atoms with van der Waals surface area (Å²) in [4.78, 5) is 27.0. The van der Waals surface area contributed by atoms with Crippen LogP contribution in [0.1, 0.15) is 30.0 Å². The summed E-state index contributed by atoms with van der Waals surface area (Å²) in [7, 11) is 1.13. The predicted molar refractivity (Wildman–Crippen MR) is 89.9 cm³/mol. The van der Waals surface area contributed by atoms with Gasteiger partial charge in [0.25, 0.3) is 11.0 Å². The van der Waals surface area contributed by atoms with Crippen molar-refractivity contribution in [3.05, 3.63) is 29.6 Å². The van der Waals surface area contributed by atoms with Crippen LogP contribution in [-0.4, -0.2) is 40.3 Å². The average Bonchev–Trinajstić information content (AvgIpc) is 2.53. The quantitative estimate of drug-likeness (QED) is 0.664. The summed E-state index contributed by atoms with van der Waals surface area (Å²) in [6, 6.07) is 4.48. The van der Waals surface area contributed by atoms with Crippen LogP contribution in [-0.2, 0) is 14.6 Å². The molecule has 25 heavy (non-hydrogen) atoms. The number of carboxylic acids is 1. The normalized spacial score (nSPS) is 13.6. The number of ether oxygens (including phenoxy) is 2. The molecule has 0 saturated carbocycles. The molecule has 1 aromatic carbocycles. The van der Waals surface area contributed by atoms with E-state index in [9.17, 15) is 19.8 Å². The first-order valence-corrected chi connectivity index (χ1v) is 7.60. The highest BCUT2D eigenvalue weighted by Gasteiger charge is 2.41. The number of carbonyl (C=O) groups is 2. The van der Waals surface area contributed by atoms with Gasteiger partial charge in [-0.25, -0.2) is 9.78 Å². The molecule has 1 amide bonds. The van der Waals surface area contributed by atoms with Gasteiger partial charge in [0.15, 0.2) is 11.4 Å². The number of primary amides is 1. The van der Waals surface area contributed by atoms with E-state index >= 15 is 0 Å². The third-order valence-corrected chi connectivity index (χ3v) is 3.95. The van der Waals surface area contributed by atoms with Gasteiger partial charge in [0, 0.05) is 17.9 Å². The first-order chi connectivity index (χ1) is 11.6. The SMILES string of the molecule is COC(Cl)(C(N)=O)c1nc(C(=O)O)c(O)c2cc(OC(C)C)ccc12. The summed E-state index contributed by atoms with van der Waals surface area (Å²) in [5.74, 6) is -2.77. The first kappa shape index (κ1) is 18.8. The Morgan fingerprint density at radius 3 is 2.44 bits per heavy atom. The van der Waals surface area contributed by atoms with Gasteiger partial charge < -0.3 is 25.4 Å². The standard InChI is InChI=1S/C16H17ClN2O6/c1-7(2)25-8-4-5-9-10(6-8)12(20)11(14(21)22)19-13(9)16(17,24-3)15(18)23/h4-7,20H,1-3H3,(H2,18,23)(H,21,22). The predicted octanol–water partition coefficient (Wildman–Crippen LogP) is 1.95. The fraction of sp³-hybridized carbons (Fsp3) is 0.312. The number of carboxylic acid groups (broad SMARTS) is 1. The number of carbonyl (C=O) groups excluding carboxylic acids is 1. The molecule has 2 rings (SSSR count). The number of fused-ring (bicyclic) bond motifs is 1. The molecule has 0 saturated heterocycles. The Kier molecular flexibility index (Phi) is 5.05. The van der Waals surface area contributed by atoms with Crippen LogP contribution in [0.25, 0.3) is 10.8 Å². The topological polar surface area (TPSA) is 132 Å². The van der Waals surface area contributed by atoms with Crippen molar-refractivity contribution >= 4 is 34.2 Å². The van der Waals surface area contributed by atoms with Crippen molar-refractivity contribution in [2.24, 2.45) is 5.73 Å². The third-order valence-electron chi connectivity index (χ3n) is 3.43. The molecule has 0 bridgehead atoms. The van der Waals surface area contributed by atoms with Crippen molar-refractivity contribution < 1.29 is 29.3 Å². The van der Waals surface area contributed by atoms with Crippen LogP contribution in [0, 0.1) is 0 Å². The van der Waals surface area contributed by atoms with Gasteiger partial charge in [-0.05, 0) is 32.0 Å². The van der Waals surface area contributed by atoms with Gasteiger partial charge in [-0.15, -0.1) is 0 Å². The molecule has 4 N–H and O–H groups in total. The Balaban J connectivity index is 2.88. The number of amides is 1. The Hall–Kier alpha value is -2.58. The van der Waals surface area contributed by atoms with Gasteiger partial charge in [0.05, 0.1) is 6.10 Å². The lowest BCUT2D eigenvalue weighted by Crippen LogP contribution is -2.39. The number of aromatic hydroxyl groups is 1. The molecule has 0 radical (unpaired) electrons. The molecule has 134 valence electrons. The minimum Gasteiger partial charge on any atom is -0.505 e. The van der Waals surface area contributed by atoms with Gasteiger partial charge in [-0.2, -0.15) is 0 Å². The van der Waals surface area contributed by atoms with Crippen molar-refractivity contribution in [3.63, 3.8) is 0 Å². The van der Waals surface area contributed by atoms with Crippen LogP contribution in [0.2, 0.25) is 0 Å². The largest absolute Gasteiger partial charge is 0.505 e. The highest BCUT2D eigenvalue weighted by Crippen LogP contribution is 2.39. The Morgan fingerprint density at radius 1 is 1.32 bits per heavy atom. The van der Waals surface area contributed by atoms with E-state index in [0.29, 0.717) is 5.75 Å². The number of aromatic carboxylic acids is 1. The average molecular weight is 369 g/mol. The summed E-state index contributed by atoms with van der Waals surface area (Å²) in [5.41, 5.74) is 4.38. The Morgan fingerprint density at radius 2 is 1.96 bits per heavy atom. The Labute approximate surface area is 148 Å². The van der Waals surface area contributed by atoms with E-state index in [2.05, 4.69) is 4.98 Å². The maximum absolute atomic E-state index is 11.8. The van der Waals surface area contributed by atoms with Crippen LogP contribution >= 0.6 is 11.6 Å². The van der Waals surface area contributed by atoms with E-state index in [1.807, 2.05) is 13.8 Å².